The molecule has 1 atom stereocenters. The topological polar surface area (TPSA) is 87.5 Å². The van der Waals surface area contributed by atoms with E-state index in [0.717, 1.165) is 24.0 Å². The maximum atomic E-state index is 11.0. The molecular formula is C19H28N4O4. The van der Waals surface area contributed by atoms with E-state index in [2.05, 4.69) is 15.3 Å². The maximum Gasteiger partial charge on any atom is 0.298 e. The van der Waals surface area contributed by atoms with E-state index in [0.29, 0.717) is 37.6 Å². The van der Waals surface area contributed by atoms with Crippen molar-refractivity contribution in [3.63, 3.8) is 0 Å². The second-order valence-electron chi connectivity index (χ2n) is 7.08. The van der Waals surface area contributed by atoms with Crippen LogP contribution in [0, 0.1) is 5.92 Å². The number of carbonyl (C=O) groups is 1. The summed E-state index contributed by atoms with van der Waals surface area (Å²) in [7, 11) is 1.88. The fraction of sp³-hybridized carbons (Fsp3) is 0.632. The molecule has 1 fully saturated rings. The first-order valence-corrected chi connectivity index (χ1v) is 9.44. The summed E-state index contributed by atoms with van der Waals surface area (Å²) < 4.78 is 19.0. The Labute approximate surface area is 159 Å². The predicted molar refractivity (Wildman–Crippen MR) is 101 cm³/mol. The Morgan fingerprint density at radius 2 is 2.11 bits per heavy atom. The molecule has 8 heteroatoms. The van der Waals surface area contributed by atoms with Gasteiger partial charge in [-0.05, 0) is 38.7 Å². The van der Waals surface area contributed by atoms with Crippen LogP contribution < -0.4 is 14.8 Å². The van der Waals surface area contributed by atoms with E-state index in [-0.39, 0.29) is 18.1 Å². The van der Waals surface area contributed by atoms with Gasteiger partial charge in [0.25, 0.3) is 6.01 Å². The number of carbonyl (C=O) groups excluding carboxylic acids is 1. The van der Waals surface area contributed by atoms with E-state index < -0.39 is 0 Å². The van der Waals surface area contributed by atoms with Gasteiger partial charge in [-0.2, -0.15) is 9.97 Å². The molecule has 1 saturated carbocycles. The van der Waals surface area contributed by atoms with Gasteiger partial charge in [0, 0.05) is 26.1 Å². The van der Waals surface area contributed by atoms with E-state index in [4.69, 9.17) is 14.2 Å². The summed E-state index contributed by atoms with van der Waals surface area (Å²) in [6, 6.07) is 4.34. The highest BCUT2D eigenvalue weighted by Gasteiger charge is 2.31. The molecule has 27 heavy (non-hydrogen) atoms. The van der Waals surface area contributed by atoms with Gasteiger partial charge < -0.3 is 19.5 Å². The van der Waals surface area contributed by atoms with Crippen molar-refractivity contribution in [3.8, 4) is 11.9 Å². The minimum absolute atomic E-state index is 0.0303. The van der Waals surface area contributed by atoms with Crippen LogP contribution in [0.4, 0.5) is 0 Å². The molecule has 1 unspecified atom stereocenters. The number of rotatable bonds is 9. The van der Waals surface area contributed by atoms with Gasteiger partial charge in [0.05, 0.1) is 25.9 Å². The quantitative estimate of drug-likeness (QED) is 0.721. The van der Waals surface area contributed by atoms with Crippen LogP contribution in [0.5, 0.6) is 11.9 Å². The molecule has 2 heterocycles. The van der Waals surface area contributed by atoms with Crippen molar-refractivity contribution < 1.29 is 19.0 Å². The predicted octanol–water partition coefficient (Wildman–Crippen LogP) is 2.07. The monoisotopic (exact) mass is 376 g/mol. The average molecular weight is 376 g/mol. The van der Waals surface area contributed by atoms with Crippen molar-refractivity contribution in [2.75, 3.05) is 19.8 Å². The molecule has 148 valence electrons. The molecule has 0 spiro atoms. The fourth-order valence-corrected chi connectivity index (χ4v) is 3.18. The summed E-state index contributed by atoms with van der Waals surface area (Å²) in [5.74, 6) is 1.03. The second kappa shape index (κ2) is 8.56. The van der Waals surface area contributed by atoms with Gasteiger partial charge in [-0.15, -0.1) is 0 Å². The molecule has 2 aromatic heterocycles. The first kappa shape index (κ1) is 19.4. The first-order valence-electron chi connectivity index (χ1n) is 9.44. The van der Waals surface area contributed by atoms with E-state index >= 15 is 0 Å². The molecule has 0 bridgehead atoms. The molecule has 3 rings (SSSR count). The number of nitrogens with zero attached hydrogens (tertiary/aromatic N) is 3. The Morgan fingerprint density at radius 1 is 1.33 bits per heavy atom. The summed E-state index contributed by atoms with van der Waals surface area (Å²) in [5.41, 5.74) is 1.54. The third-order valence-electron chi connectivity index (χ3n) is 4.61. The smallest absolute Gasteiger partial charge is 0.298 e. The molecule has 0 aliphatic heterocycles. The van der Waals surface area contributed by atoms with Crippen molar-refractivity contribution in [2.24, 2.45) is 13.0 Å². The highest BCUT2D eigenvalue weighted by Crippen LogP contribution is 2.31. The Hall–Kier alpha value is -2.35. The summed E-state index contributed by atoms with van der Waals surface area (Å²) in [4.78, 5) is 19.9. The number of fused-ring (bicyclic) bond motifs is 1. The fourth-order valence-electron chi connectivity index (χ4n) is 3.18. The van der Waals surface area contributed by atoms with Gasteiger partial charge >= 0.3 is 0 Å². The first-order chi connectivity index (χ1) is 13.0. The zero-order valence-electron chi connectivity index (χ0n) is 16.4. The van der Waals surface area contributed by atoms with Gasteiger partial charge in [-0.25, -0.2) is 0 Å². The number of nitrogens with one attached hydrogen (secondary N) is 1. The molecule has 1 amide bonds. The molecule has 1 aliphatic rings. The van der Waals surface area contributed by atoms with Crippen LogP contribution in [0.25, 0.3) is 11.2 Å². The van der Waals surface area contributed by atoms with Crippen LogP contribution >= 0.6 is 0 Å². The minimum atomic E-state index is -0.0303. The standard InChI is InChI=1S/C19H28N4O4/c1-5-25-19-21-16-6-7-17(22-18(16)23(19)4)27-11-14-8-15(9-14)26-10-12(2)20-13(3)24/h6-7,12,14-15H,5,8-11H2,1-4H3,(H,20,24). The SMILES string of the molecule is CCOc1nc2ccc(OCC3CC(OCC(C)NC(C)=O)C3)nc2n1C. The molecule has 8 nitrogen and oxygen atoms in total. The Morgan fingerprint density at radius 3 is 2.81 bits per heavy atom. The lowest BCUT2D eigenvalue weighted by Crippen LogP contribution is -2.40. The molecule has 2 aromatic rings. The summed E-state index contributed by atoms with van der Waals surface area (Å²) in [6.07, 6.45) is 2.18. The van der Waals surface area contributed by atoms with Gasteiger partial charge in [0.15, 0.2) is 5.65 Å². The summed E-state index contributed by atoms with van der Waals surface area (Å²) in [5, 5.41) is 2.82. The number of amides is 1. The third-order valence-corrected chi connectivity index (χ3v) is 4.61. The highest BCUT2D eigenvalue weighted by atomic mass is 16.5. The summed E-state index contributed by atoms with van der Waals surface area (Å²) >= 11 is 0. The van der Waals surface area contributed by atoms with Gasteiger partial charge in [-0.3, -0.25) is 9.36 Å². The third kappa shape index (κ3) is 4.88. The lowest BCUT2D eigenvalue weighted by molar-refractivity contribution is -0.120. The minimum Gasteiger partial charge on any atom is -0.477 e. The zero-order chi connectivity index (χ0) is 19.4. The van der Waals surface area contributed by atoms with Crippen LogP contribution in [0.2, 0.25) is 0 Å². The molecule has 0 aromatic carbocycles. The van der Waals surface area contributed by atoms with Crippen LogP contribution in [0.3, 0.4) is 0 Å². The lowest BCUT2D eigenvalue weighted by Gasteiger charge is -2.35. The van der Waals surface area contributed by atoms with Crippen LogP contribution in [-0.4, -0.2) is 52.4 Å². The molecule has 1 N–H and O–H groups in total. The number of aryl methyl sites for hydroxylation is 1. The Bertz CT molecular complexity index is 785. The van der Waals surface area contributed by atoms with Gasteiger partial charge in [0.1, 0.15) is 5.52 Å². The van der Waals surface area contributed by atoms with E-state index in [1.54, 1.807) is 0 Å². The van der Waals surface area contributed by atoms with Crippen LogP contribution in [0.15, 0.2) is 12.1 Å². The second-order valence-corrected chi connectivity index (χ2v) is 7.08. The molecule has 0 radical (unpaired) electrons. The number of hydrogen-bond donors (Lipinski definition) is 1. The van der Waals surface area contributed by atoms with Crippen molar-refractivity contribution in [3.05, 3.63) is 12.1 Å². The molecule has 1 aliphatic carbocycles. The maximum absolute atomic E-state index is 11.0. The molecule has 0 saturated heterocycles. The van der Waals surface area contributed by atoms with Crippen molar-refractivity contribution >= 4 is 17.1 Å². The lowest BCUT2D eigenvalue weighted by atomic mass is 9.83. The largest absolute Gasteiger partial charge is 0.477 e. The molecular weight excluding hydrogens is 348 g/mol. The van der Waals surface area contributed by atoms with Crippen molar-refractivity contribution in [1.29, 1.82) is 0 Å². The Kier molecular flexibility index (Phi) is 6.15. The normalized spacial score (nSPS) is 20.1. The average Bonchev–Trinajstić information content (AvgIpc) is 2.88. The van der Waals surface area contributed by atoms with Crippen molar-refractivity contribution in [1.82, 2.24) is 19.9 Å². The van der Waals surface area contributed by atoms with Crippen molar-refractivity contribution in [2.45, 2.75) is 45.8 Å². The summed E-state index contributed by atoms with van der Waals surface area (Å²) in [6.45, 7) is 7.11. The zero-order valence-corrected chi connectivity index (χ0v) is 16.4. The number of hydrogen-bond acceptors (Lipinski definition) is 6. The van der Waals surface area contributed by atoms with Crippen LogP contribution in [0.1, 0.15) is 33.6 Å². The van der Waals surface area contributed by atoms with Gasteiger partial charge in [-0.1, -0.05) is 0 Å². The van der Waals surface area contributed by atoms with Gasteiger partial charge in [0.2, 0.25) is 11.8 Å². The number of ether oxygens (including phenoxy) is 3. The van der Waals surface area contributed by atoms with E-state index in [1.807, 2.05) is 37.6 Å². The number of imidazole rings is 1. The number of aromatic nitrogens is 3. The van der Waals surface area contributed by atoms with E-state index in [1.165, 1.54) is 6.92 Å². The van der Waals surface area contributed by atoms with E-state index in [9.17, 15) is 4.79 Å². The number of pyridine rings is 1. The highest BCUT2D eigenvalue weighted by molar-refractivity contribution is 5.73. The van der Waals surface area contributed by atoms with Crippen LogP contribution in [-0.2, 0) is 16.6 Å². The Balaban J connectivity index is 1.43.